The molecule has 1 unspecified atom stereocenters. The van der Waals surface area contributed by atoms with Gasteiger partial charge < -0.3 is 18.9 Å². The molecule has 0 spiro atoms. The van der Waals surface area contributed by atoms with Crippen LogP contribution >= 0.6 is 11.3 Å². The predicted molar refractivity (Wildman–Crippen MR) is 172 cm³/mol. The number of benzene rings is 3. The second-order valence-electron chi connectivity index (χ2n) is 11.8. The topological polar surface area (TPSA) is 128 Å². The van der Waals surface area contributed by atoms with Gasteiger partial charge in [-0.1, -0.05) is 35.5 Å². The zero-order valence-electron chi connectivity index (χ0n) is 26.6. The maximum absolute atomic E-state index is 14.2. The molecule has 0 N–H and O–H groups in total. The van der Waals surface area contributed by atoms with Gasteiger partial charge in [0.1, 0.15) is 24.0 Å². The largest absolute Gasteiger partial charge is 0.460 e. The minimum absolute atomic E-state index is 0.00962. The normalized spacial score (nSPS) is 22.1. The average molecular weight is 704 g/mol. The number of fused-ring (bicyclic) bond motifs is 2. The summed E-state index contributed by atoms with van der Waals surface area (Å²) < 4.78 is 70.5. The van der Waals surface area contributed by atoms with Crippen molar-refractivity contribution in [2.24, 2.45) is 0 Å². The third-order valence-electron chi connectivity index (χ3n) is 8.54. The molecule has 0 aliphatic carbocycles. The Bertz CT molecular complexity index is 2190. The molecule has 5 heterocycles. The standard InChI is InChI=1S/C34H28F3N7O5S/c1-3-46-33(45)31-39-32(44(41-31)20-9-10-23-28(13-20)50-17(2)38-23)26-14-25(30-27(48-26)16-47-34(49-30)18-7-5-4-6-8-18)43-15-24(40-42-43)19-11-21(35)29(37)22(36)12-19/h4-13,15,25-27,30,34H,3,14,16H2,1-2H3/t25-,26-,27-,30-,34?/m1/s1. The van der Waals surface area contributed by atoms with Gasteiger partial charge in [-0.15, -0.1) is 21.5 Å². The fraction of sp³-hybridized carbons (Fsp3) is 0.294. The number of aromatic nitrogens is 7. The molecule has 0 bridgehead atoms. The number of carbonyl (C=O) groups is 1. The summed E-state index contributed by atoms with van der Waals surface area (Å²) in [7, 11) is 0. The zero-order valence-corrected chi connectivity index (χ0v) is 27.4. The van der Waals surface area contributed by atoms with Gasteiger partial charge in [0.2, 0.25) is 0 Å². The van der Waals surface area contributed by atoms with Gasteiger partial charge in [0.25, 0.3) is 5.82 Å². The second kappa shape index (κ2) is 13.0. The van der Waals surface area contributed by atoms with Gasteiger partial charge in [0, 0.05) is 17.5 Å². The van der Waals surface area contributed by atoms with Crippen LogP contribution in [-0.4, -0.2) is 66.1 Å². The maximum Gasteiger partial charge on any atom is 0.378 e. The summed E-state index contributed by atoms with van der Waals surface area (Å²) in [6, 6.07) is 16.2. The summed E-state index contributed by atoms with van der Waals surface area (Å²) in [5.74, 6) is -4.78. The zero-order chi connectivity index (χ0) is 34.5. The molecule has 256 valence electrons. The number of ether oxygens (including phenoxy) is 4. The molecule has 0 amide bonds. The van der Waals surface area contributed by atoms with Crippen LogP contribution in [0.4, 0.5) is 13.2 Å². The third-order valence-corrected chi connectivity index (χ3v) is 9.47. The highest BCUT2D eigenvalue weighted by Crippen LogP contribution is 2.44. The molecule has 16 heteroatoms. The number of nitrogens with zero attached hydrogens (tertiary/aromatic N) is 7. The first-order valence-corrected chi connectivity index (χ1v) is 16.6. The molecule has 0 saturated carbocycles. The lowest BCUT2D eigenvalue weighted by atomic mass is 9.93. The molecule has 12 nitrogen and oxygen atoms in total. The van der Waals surface area contributed by atoms with Crippen LogP contribution in [0.1, 0.15) is 58.8 Å². The Labute approximate surface area is 286 Å². The second-order valence-corrected chi connectivity index (χ2v) is 13.0. The molecule has 50 heavy (non-hydrogen) atoms. The first-order valence-electron chi connectivity index (χ1n) is 15.8. The molecule has 5 atom stereocenters. The number of thiazole rings is 1. The van der Waals surface area contributed by atoms with E-state index in [1.54, 1.807) is 11.6 Å². The first kappa shape index (κ1) is 32.2. The van der Waals surface area contributed by atoms with Crippen LogP contribution in [0.25, 0.3) is 27.2 Å². The van der Waals surface area contributed by atoms with Crippen LogP contribution in [0.5, 0.6) is 0 Å². The Morgan fingerprint density at radius 3 is 2.62 bits per heavy atom. The quantitative estimate of drug-likeness (QED) is 0.140. The monoisotopic (exact) mass is 703 g/mol. The van der Waals surface area contributed by atoms with Crippen LogP contribution < -0.4 is 0 Å². The summed E-state index contributed by atoms with van der Waals surface area (Å²) in [4.78, 5) is 22.0. The minimum Gasteiger partial charge on any atom is -0.460 e. The Morgan fingerprint density at radius 1 is 1.04 bits per heavy atom. The first-order chi connectivity index (χ1) is 24.2. The minimum atomic E-state index is -1.57. The van der Waals surface area contributed by atoms with E-state index in [4.69, 9.17) is 18.9 Å². The van der Waals surface area contributed by atoms with E-state index in [9.17, 15) is 18.0 Å². The number of carbonyl (C=O) groups excluding carboxylic acids is 1. The van der Waals surface area contributed by atoms with Crippen LogP contribution in [0.3, 0.4) is 0 Å². The summed E-state index contributed by atoms with van der Waals surface area (Å²) in [6.07, 6.45) is -1.03. The molecule has 3 aromatic heterocycles. The molecule has 6 aromatic rings. The van der Waals surface area contributed by atoms with Crippen molar-refractivity contribution in [1.29, 1.82) is 0 Å². The maximum atomic E-state index is 14.2. The smallest absolute Gasteiger partial charge is 0.378 e. The van der Waals surface area contributed by atoms with E-state index in [2.05, 4.69) is 25.4 Å². The molecule has 0 radical (unpaired) electrons. The van der Waals surface area contributed by atoms with Gasteiger partial charge in [-0.05, 0) is 44.2 Å². The number of aryl methyl sites for hydroxylation is 1. The Morgan fingerprint density at radius 2 is 1.84 bits per heavy atom. The van der Waals surface area contributed by atoms with Crippen LogP contribution in [0, 0.1) is 24.4 Å². The summed E-state index contributed by atoms with van der Waals surface area (Å²) in [5.41, 5.74) is 2.39. The SMILES string of the molecule is CCOC(=O)c1nc([C@H]2C[C@@H](n3cc(-c4cc(F)c(F)c(F)c4)nn3)[C@H]3OC(c4ccccc4)OC[C@H]3O2)n(-c2ccc3nc(C)sc3c2)n1. The third kappa shape index (κ3) is 5.93. The van der Waals surface area contributed by atoms with Crippen molar-refractivity contribution in [3.8, 4) is 16.9 Å². The molecule has 8 rings (SSSR count). The van der Waals surface area contributed by atoms with Crippen LogP contribution in [0.15, 0.2) is 66.9 Å². The molecule has 2 aliphatic heterocycles. The Kier molecular flexibility index (Phi) is 8.38. The van der Waals surface area contributed by atoms with Gasteiger partial charge in [0.05, 0.1) is 46.4 Å². The van der Waals surface area contributed by atoms with E-state index >= 15 is 0 Å². The van der Waals surface area contributed by atoms with Gasteiger partial charge in [-0.3, -0.25) is 0 Å². The van der Waals surface area contributed by atoms with Crippen LogP contribution in [-0.2, 0) is 18.9 Å². The van der Waals surface area contributed by atoms with Gasteiger partial charge in [-0.2, -0.15) is 0 Å². The molecular formula is C34H28F3N7O5S. The molecular weight excluding hydrogens is 675 g/mol. The van der Waals surface area contributed by atoms with Crippen molar-refractivity contribution in [1.82, 2.24) is 34.7 Å². The fourth-order valence-corrected chi connectivity index (χ4v) is 7.13. The Balaban J connectivity index is 1.19. The Hall–Kier alpha value is -5.03. The number of hydrogen-bond donors (Lipinski definition) is 0. The van der Waals surface area contributed by atoms with E-state index in [0.29, 0.717) is 11.5 Å². The van der Waals surface area contributed by atoms with Crippen molar-refractivity contribution in [2.75, 3.05) is 13.2 Å². The fourth-order valence-electron chi connectivity index (χ4n) is 6.27. The van der Waals surface area contributed by atoms with Crippen molar-refractivity contribution < 1.29 is 36.9 Å². The summed E-state index contributed by atoms with van der Waals surface area (Å²) in [6.45, 7) is 3.88. The van der Waals surface area contributed by atoms with E-state index in [1.807, 2.05) is 55.5 Å². The lowest BCUT2D eigenvalue weighted by Gasteiger charge is -2.45. The van der Waals surface area contributed by atoms with E-state index < -0.39 is 54.1 Å². The lowest BCUT2D eigenvalue weighted by Crippen LogP contribution is -2.51. The lowest BCUT2D eigenvalue weighted by molar-refractivity contribution is -0.302. The van der Waals surface area contributed by atoms with Gasteiger partial charge in [0.15, 0.2) is 29.6 Å². The number of hydrogen-bond acceptors (Lipinski definition) is 11. The average Bonchev–Trinajstić information content (AvgIpc) is 3.88. The van der Waals surface area contributed by atoms with Crippen molar-refractivity contribution in [3.63, 3.8) is 0 Å². The van der Waals surface area contributed by atoms with Gasteiger partial charge >= 0.3 is 5.97 Å². The molecule has 2 saturated heterocycles. The molecule has 2 fully saturated rings. The summed E-state index contributed by atoms with van der Waals surface area (Å²) >= 11 is 1.52. The van der Waals surface area contributed by atoms with Gasteiger partial charge in [-0.25, -0.2) is 37.3 Å². The van der Waals surface area contributed by atoms with E-state index in [0.717, 1.165) is 32.9 Å². The highest BCUT2D eigenvalue weighted by molar-refractivity contribution is 7.18. The number of esters is 1. The van der Waals surface area contributed by atoms with E-state index in [1.165, 1.54) is 22.2 Å². The molecule has 3 aromatic carbocycles. The van der Waals surface area contributed by atoms with Crippen molar-refractivity contribution in [2.45, 2.75) is 50.9 Å². The summed E-state index contributed by atoms with van der Waals surface area (Å²) in [5, 5.41) is 13.9. The number of halogens is 3. The van der Waals surface area contributed by atoms with Crippen molar-refractivity contribution in [3.05, 3.63) is 107 Å². The predicted octanol–water partition coefficient (Wildman–Crippen LogP) is 6.22. The number of rotatable bonds is 7. The highest BCUT2D eigenvalue weighted by Gasteiger charge is 2.47. The molecule has 2 aliphatic rings. The van der Waals surface area contributed by atoms with E-state index in [-0.39, 0.29) is 36.7 Å². The highest BCUT2D eigenvalue weighted by atomic mass is 32.1. The van der Waals surface area contributed by atoms with Crippen molar-refractivity contribution >= 4 is 27.5 Å². The van der Waals surface area contributed by atoms with Crippen LogP contribution in [0.2, 0.25) is 0 Å².